The predicted molar refractivity (Wildman–Crippen MR) is 119 cm³/mol. The predicted octanol–water partition coefficient (Wildman–Crippen LogP) is 2.56. The Morgan fingerprint density at radius 2 is 2.07 bits per heavy atom. The van der Waals surface area contributed by atoms with Gasteiger partial charge >= 0.3 is 0 Å². The molecule has 4 N–H and O–H groups in total. The first-order chi connectivity index (χ1) is 14.5. The number of carbonyl (C=O) groups is 1. The number of aliphatic hydroxyl groups excluding tert-OH is 1. The van der Waals surface area contributed by atoms with E-state index < -0.39 is 6.35 Å². The zero-order chi connectivity index (χ0) is 21.1. The second-order valence-electron chi connectivity index (χ2n) is 7.39. The van der Waals surface area contributed by atoms with Crippen molar-refractivity contribution in [3.63, 3.8) is 0 Å². The van der Waals surface area contributed by atoms with E-state index in [2.05, 4.69) is 10.3 Å². The number of hydrogen-bond acceptors (Lipinski definition) is 7. The first kappa shape index (κ1) is 20.3. The molecule has 1 aliphatic rings. The van der Waals surface area contributed by atoms with Crippen molar-refractivity contribution in [3.05, 3.63) is 76.4 Å². The van der Waals surface area contributed by atoms with Gasteiger partial charge < -0.3 is 21.1 Å². The van der Waals surface area contributed by atoms with Crippen LogP contribution in [-0.4, -0.2) is 40.3 Å². The smallest absolute Gasteiger partial charge is 0.261 e. The van der Waals surface area contributed by atoms with Crippen molar-refractivity contribution in [2.75, 3.05) is 23.7 Å². The third kappa shape index (κ3) is 4.46. The van der Waals surface area contributed by atoms with Gasteiger partial charge in [0.2, 0.25) is 0 Å². The molecule has 1 fully saturated rings. The Bertz CT molecular complexity index is 1010. The monoisotopic (exact) mass is 423 g/mol. The Kier molecular flexibility index (Phi) is 5.98. The summed E-state index contributed by atoms with van der Waals surface area (Å²) in [5, 5.41) is 14.7. The quantitative estimate of drug-likeness (QED) is 0.528. The van der Waals surface area contributed by atoms with Gasteiger partial charge in [0.25, 0.3) is 5.91 Å². The minimum Gasteiger partial charge on any atom is -0.399 e. The highest BCUT2D eigenvalue weighted by Crippen LogP contribution is 2.33. The number of anilines is 2. The Balaban J connectivity index is 1.41. The van der Waals surface area contributed by atoms with E-state index in [0.29, 0.717) is 24.5 Å². The van der Waals surface area contributed by atoms with Gasteiger partial charge in [0.05, 0.1) is 9.88 Å². The Morgan fingerprint density at radius 1 is 1.27 bits per heavy atom. The maximum absolute atomic E-state index is 12.7. The molecule has 8 heteroatoms. The molecule has 0 radical (unpaired) electrons. The molecule has 30 heavy (non-hydrogen) atoms. The van der Waals surface area contributed by atoms with Crippen LogP contribution in [0.4, 0.5) is 10.7 Å². The lowest BCUT2D eigenvalue weighted by atomic mass is 10.2. The van der Waals surface area contributed by atoms with Gasteiger partial charge in [0.15, 0.2) is 6.35 Å². The summed E-state index contributed by atoms with van der Waals surface area (Å²) in [6, 6.07) is 13.4. The Morgan fingerprint density at radius 3 is 2.80 bits per heavy atom. The molecule has 0 spiro atoms. The molecule has 1 atom stereocenters. The van der Waals surface area contributed by atoms with E-state index in [1.807, 2.05) is 59.2 Å². The van der Waals surface area contributed by atoms with Crippen LogP contribution < -0.4 is 16.0 Å². The molecule has 7 nitrogen and oxygen atoms in total. The zero-order valence-electron chi connectivity index (χ0n) is 16.8. The number of thiophene rings is 1. The number of pyridine rings is 1. The summed E-state index contributed by atoms with van der Waals surface area (Å²) in [4.78, 5) is 21.3. The van der Waals surface area contributed by atoms with Gasteiger partial charge in [0, 0.05) is 44.3 Å². The standard InChI is InChI=1S/C22H25N5O2S/c1-15-11-19(30-20(15)21(28)25-13-17-3-2-8-24-12-17)27-10-9-26(22(27)29)14-16-4-6-18(23)7-5-16/h2-8,11-12,22,29H,9-10,13-14,23H2,1H3,(H,25,28). The van der Waals surface area contributed by atoms with Crippen LogP contribution in [0.2, 0.25) is 0 Å². The number of carbonyl (C=O) groups excluding carboxylic acids is 1. The van der Waals surface area contributed by atoms with Crippen LogP contribution in [0.15, 0.2) is 54.9 Å². The van der Waals surface area contributed by atoms with Crippen LogP contribution in [-0.2, 0) is 13.1 Å². The summed E-state index contributed by atoms with van der Waals surface area (Å²) in [6.45, 7) is 4.44. The van der Waals surface area contributed by atoms with Crippen molar-refractivity contribution < 1.29 is 9.90 Å². The Hall–Kier alpha value is -2.94. The number of aryl methyl sites for hydroxylation is 1. The fourth-order valence-corrected chi connectivity index (χ4v) is 4.64. The maximum atomic E-state index is 12.7. The number of nitrogens with zero attached hydrogens (tertiary/aromatic N) is 3. The lowest BCUT2D eigenvalue weighted by Gasteiger charge is -2.25. The lowest BCUT2D eigenvalue weighted by molar-refractivity contribution is 0.0346. The average molecular weight is 424 g/mol. The molecule has 4 rings (SSSR count). The third-order valence-corrected chi connectivity index (χ3v) is 6.44. The van der Waals surface area contributed by atoms with Crippen molar-refractivity contribution in [2.45, 2.75) is 26.4 Å². The average Bonchev–Trinajstić information content (AvgIpc) is 3.31. The summed E-state index contributed by atoms with van der Waals surface area (Å²) < 4.78 is 0. The van der Waals surface area contributed by atoms with Gasteiger partial charge in [-0.15, -0.1) is 11.3 Å². The van der Waals surface area contributed by atoms with E-state index in [-0.39, 0.29) is 5.91 Å². The van der Waals surface area contributed by atoms with Crippen molar-refractivity contribution in [1.82, 2.24) is 15.2 Å². The number of hydrogen-bond donors (Lipinski definition) is 3. The van der Waals surface area contributed by atoms with Crippen molar-refractivity contribution in [1.29, 1.82) is 0 Å². The second-order valence-corrected chi connectivity index (χ2v) is 8.42. The minimum atomic E-state index is -0.730. The fraction of sp³-hybridized carbons (Fsp3) is 0.273. The van der Waals surface area contributed by atoms with Crippen LogP contribution in [0.5, 0.6) is 0 Å². The fourth-order valence-electron chi connectivity index (χ4n) is 3.50. The maximum Gasteiger partial charge on any atom is 0.261 e. The van der Waals surface area contributed by atoms with E-state index in [1.165, 1.54) is 11.3 Å². The highest BCUT2D eigenvalue weighted by molar-refractivity contribution is 7.18. The number of nitrogens with one attached hydrogen (secondary N) is 1. The molecule has 3 heterocycles. The molecule has 0 saturated carbocycles. The number of benzene rings is 1. The summed E-state index contributed by atoms with van der Waals surface area (Å²) in [7, 11) is 0. The molecular weight excluding hydrogens is 398 g/mol. The number of rotatable bonds is 6. The Labute approximate surface area is 179 Å². The van der Waals surface area contributed by atoms with Gasteiger partial charge in [-0.25, -0.2) is 0 Å². The minimum absolute atomic E-state index is 0.111. The third-order valence-electron chi connectivity index (χ3n) is 5.17. The normalized spacial score (nSPS) is 16.7. The zero-order valence-corrected chi connectivity index (χ0v) is 17.6. The van der Waals surface area contributed by atoms with Crippen LogP contribution in [0.25, 0.3) is 0 Å². The number of nitrogens with two attached hydrogens (primary N) is 1. The second kappa shape index (κ2) is 8.83. The number of aromatic nitrogens is 1. The van der Waals surface area contributed by atoms with Gasteiger partial charge in [0.1, 0.15) is 0 Å². The van der Waals surface area contributed by atoms with E-state index in [9.17, 15) is 9.90 Å². The van der Waals surface area contributed by atoms with Crippen LogP contribution >= 0.6 is 11.3 Å². The van der Waals surface area contributed by atoms with Gasteiger partial charge in [-0.05, 0) is 47.9 Å². The van der Waals surface area contributed by atoms with E-state index in [4.69, 9.17) is 5.73 Å². The van der Waals surface area contributed by atoms with E-state index in [1.54, 1.807) is 12.4 Å². The van der Waals surface area contributed by atoms with Crippen LogP contribution in [0.3, 0.4) is 0 Å². The first-order valence-corrected chi connectivity index (χ1v) is 10.6. The molecule has 1 unspecified atom stereocenters. The molecule has 1 aliphatic heterocycles. The summed E-state index contributed by atoms with van der Waals surface area (Å²) in [5.74, 6) is -0.111. The topological polar surface area (TPSA) is 94.7 Å². The first-order valence-electron chi connectivity index (χ1n) is 9.82. The highest BCUT2D eigenvalue weighted by atomic mass is 32.1. The molecule has 2 aromatic heterocycles. The number of nitrogen functional groups attached to an aromatic ring is 1. The summed E-state index contributed by atoms with van der Waals surface area (Å²) in [6.07, 6.45) is 2.72. The molecule has 0 bridgehead atoms. The van der Waals surface area contributed by atoms with Crippen molar-refractivity contribution in [3.8, 4) is 0 Å². The summed E-state index contributed by atoms with van der Waals surface area (Å²) in [5.41, 5.74) is 9.44. The van der Waals surface area contributed by atoms with Crippen LogP contribution in [0, 0.1) is 6.92 Å². The largest absolute Gasteiger partial charge is 0.399 e. The number of amides is 1. The molecule has 3 aromatic rings. The van der Waals surface area contributed by atoms with Gasteiger partial charge in [-0.2, -0.15) is 0 Å². The summed E-state index contributed by atoms with van der Waals surface area (Å²) >= 11 is 1.41. The van der Waals surface area contributed by atoms with Gasteiger partial charge in [-0.1, -0.05) is 18.2 Å². The lowest BCUT2D eigenvalue weighted by Crippen LogP contribution is -2.37. The molecule has 0 aliphatic carbocycles. The molecule has 1 saturated heterocycles. The van der Waals surface area contributed by atoms with Crippen molar-refractivity contribution in [2.24, 2.45) is 0 Å². The molecule has 1 amide bonds. The van der Waals surface area contributed by atoms with E-state index in [0.717, 1.165) is 33.9 Å². The number of aliphatic hydroxyl groups is 1. The SMILES string of the molecule is Cc1cc(N2CCN(Cc3ccc(N)cc3)C2O)sc1C(=O)NCc1cccnc1. The van der Waals surface area contributed by atoms with Crippen LogP contribution in [0.1, 0.15) is 26.4 Å². The molecule has 1 aromatic carbocycles. The molecular formula is C22H25N5O2S. The van der Waals surface area contributed by atoms with Gasteiger partial charge in [-0.3, -0.25) is 14.7 Å². The van der Waals surface area contributed by atoms with Crippen molar-refractivity contribution >= 4 is 27.9 Å². The molecule has 156 valence electrons. The van der Waals surface area contributed by atoms with E-state index >= 15 is 0 Å². The highest BCUT2D eigenvalue weighted by Gasteiger charge is 2.32.